The summed E-state index contributed by atoms with van der Waals surface area (Å²) in [6, 6.07) is 10.3. The maximum atomic E-state index is 12.5. The maximum absolute atomic E-state index is 12.5. The number of aryl methyl sites for hydroxylation is 2. The van der Waals surface area contributed by atoms with Gasteiger partial charge in [0.15, 0.2) is 0 Å². The standard InChI is InChI=1S/C20H26N2O2/c1-4-24-20(23)18-14-17(22-15(2)8-9-16(22)3)10-11-19(18)21-12-6-5-7-13-21/h8-11,14H,4-7,12-13H2,1-3H3. The molecule has 1 aliphatic rings. The van der Waals surface area contributed by atoms with Crippen LogP contribution in [0.25, 0.3) is 5.69 Å². The van der Waals surface area contributed by atoms with Crippen LogP contribution in [0, 0.1) is 13.8 Å². The molecular weight excluding hydrogens is 300 g/mol. The van der Waals surface area contributed by atoms with E-state index in [1.807, 2.05) is 13.0 Å². The predicted octanol–water partition coefficient (Wildman–Crippen LogP) is 4.26. The van der Waals surface area contributed by atoms with Crippen molar-refractivity contribution in [2.24, 2.45) is 0 Å². The first kappa shape index (κ1) is 16.6. The van der Waals surface area contributed by atoms with Crippen LogP contribution in [0.1, 0.15) is 47.9 Å². The number of carbonyl (C=O) groups is 1. The smallest absolute Gasteiger partial charge is 0.340 e. The molecule has 1 saturated heterocycles. The van der Waals surface area contributed by atoms with Gasteiger partial charge < -0.3 is 14.2 Å². The number of benzene rings is 1. The fourth-order valence-corrected chi connectivity index (χ4v) is 3.52. The quantitative estimate of drug-likeness (QED) is 0.787. The van der Waals surface area contributed by atoms with Gasteiger partial charge in [-0.3, -0.25) is 0 Å². The second-order valence-electron chi connectivity index (χ2n) is 6.42. The molecule has 0 radical (unpaired) electrons. The minimum Gasteiger partial charge on any atom is -0.462 e. The summed E-state index contributed by atoms with van der Waals surface area (Å²) in [6.45, 7) is 8.42. The molecule has 24 heavy (non-hydrogen) atoms. The number of esters is 1. The average Bonchev–Trinajstić information content (AvgIpc) is 2.94. The number of rotatable bonds is 4. The van der Waals surface area contributed by atoms with E-state index in [0.29, 0.717) is 12.2 Å². The Morgan fingerprint density at radius 3 is 2.33 bits per heavy atom. The molecule has 0 amide bonds. The lowest BCUT2D eigenvalue weighted by atomic mass is 10.1. The summed E-state index contributed by atoms with van der Waals surface area (Å²) in [6.07, 6.45) is 3.63. The van der Waals surface area contributed by atoms with Gasteiger partial charge in [0.1, 0.15) is 0 Å². The molecule has 1 aromatic heterocycles. The van der Waals surface area contributed by atoms with E-state index < -0.39 is 0 Å². The van der Waals surface area contributed by atoms with E-state index in [1.54, 1.807) is 0 Å². The Kier molecular flexibility index (Phi) is 4.93. The van der Waals surface area contributed by atoms with Gasteiger partial charge in [-0.2, -0.15) is 0 Å². The van der Waals surface area contributed by atoms with Crippen molar-refractivity contribution in [3.8, 4) is 5.69 Å². The minimum atomic E-state index is -0.234. The van der Waals surface area contributed by atoms with Gasteiger partial charge in [-0.05, 0) is 70.4 Å². The highest BCUT2D eigenvalue weighted by molar-refractivity contribution is 5.96. The summed E-state index contributed by atoms with van der Waals surface area (Å²) in [5.41, 5.74) is 5.00. The normalized spacial score (nSPS) is 14.7. The molecule has 128 valence electrons. The van der Waals surface area contributed by atoms with Crippen molar-refractivity contribution in [1.29, 1.82) is 0 Å². The molecular formula is C20H26N2O2. The highest BCUT2D eigenvalue weighted by atomic mass is 16.5. The van der Waals surface area contributed by atoms with Crippen molar-refractivity contribution in [3.63, 3.8) is 0 Å². The molecule has 0 N–H and O–H groups in total. The monoisotopic (exact) mass is 326 g/mol. The van der Waals surface area contributed by atoms with Crippen molar-refractivity contribution in [3.05, 3.63) is 47.3 Å². The van der Waals surface area contributed by atoms with E-state index in [4.69, 9.17) is 4.74 Å². The van der Waals surface area contributed by atoms with Crippen LogP contribution in [0.5, 0.6) is 0 Å². The van der Waals surface area contributed by atoms with Crippen molar-refractivity contribution in [1.82, 2.24) is 4.57 Å². The molecule has 1 aromatic carbocycles. The van der Waals surface area contributed by atoms with Gasteiger partial charge in [-0.1, -0.05) is 0 Å². The Morgan fingerprint density at radius 2 is 1.71 bits per heavy atom. The molecule has 0 atom stereocenters. The summed E-state index contributed by atoms with van der Waals surface area (Å²) in [5.74, 6) is -0.234. The van der Waals surface area contributed by atoms with Gasteiger partial charge in [-0.15, -0.1) is 0 Å². The van der Waals surface area contributed by atoms with Gasteiger partial charge in [0.25, 0.3) is 0 Å². The zero-order chi connectivity index (χ0) is 17.1. The molecule has 1 aliphatic heterocycles. The number of carbonyl (C=O) groups excluding carboxylic acids is 1. The third kappa shape index (κ3) is 3.18. The fraction of sp³-hybridized carbons (Fsp3) is 0.450. The van der Waals surface area contributed by atoms with Crippen molar-refractivity contribution >= 4 is 11.7 Å². The fourth-order valence-electron chi connectivity index (χ4n) is 3.52. The van der Waals surface area contributed by atoms with Gasteiger partial charge in [0, 0.05) is 30.2 Å². The number of piperidine rings is 1. The Hall–Kier alpha value is -2.23. The number of anilines is 1. The highest BCUT2D eigenvalue weighted by Crippen LogP contribution is 2.28. The molecule has 2 aromatic rings. The maximum Gasteiger partial charge on any atom is 0.340 e. The van der Waals surface area contributed by atoms with Crippen LogP contribution in [-0.4, -0.2) is 30.2 Å². The number of hydrogen-bond donors (Lipinski definition) is 0. The number of nitrogens with zero attached hydrogens (tertiary/aromatic N) is 2. The van der Waals surface area contributed by atoms with E-state index in [1.165, 1.54) is 19.3 Å². The molecule has 0 bridgehead atoms. The Labute approximate surface area is 144 Å². The van der Waals surface area contributed by atoms with Gasteiger partial charge in [0.2, 0.25) is 0 Å². The zero-order valence-corrected chi connectivity index (χ0v) is 14.8. The van der Waals surface area contributed by atoms with E-state index >= 15 is 0 Å². The second kappa shape index (κ2) is 7.12. The van der Waals surface area contributed by atoms with Crippen LogP contribution in [0.3, 0.4) is 0 Å². The van der Waals surface area contributed by atoms with Gasteiger partial charge in [0.05, 0.1) is 17.9 Å². The molecule has 0 spiro atoms. The van der Waals surface area contributed by atoms with E-state index in [9.17, 15) is 4.79 Å². The first-order valence-electron chi connectivity index (χ1n) is 8.83. The Morgan fingerprint density at radius 1 is 1.04 bits per heavy atom. The number of hydrogen-bond acceptors (Lipinski definition) is 3. The van der Waals surface area contributed by atoms with Crippen molar-refractivity contribution in [2.45, 2.75) is 40.0 Å². The largest absolute Gasteiger partial charge is 0.462 e. The summed E-state index contributed by atoms with van der Waals surface area (Å²) in [4.78, 5) is 14.9. The van der Waals surface area contributed by atoms with Crippen LogP contribution >= 0.6 is 0 Å². The topological polar surface area (TPSA) is 34.5 Å². The second-order valence-corrected chi connectivity index (χ2v) is 6.42. The highest BCUT2D eigenvalue weighted by Gasteiger charge is 2.20. The molecule has 4 nitrogen and oxygen atoms in total. The van der Waals surface area contributed by atoms with Crippen LogP contribution in [0.15, 0.2) is 30.3 Å². The van der Waals surface area contributed by atoms with E-state index in [2.05, 4.69) is 47.6 Å². The molecule has 3 rings (SSSR count). The average molecular weight is 326 g/mol. The van der Waals surface area contributed by atoms with Crippen molar-refractivity contribution in [2.75, 3.05) is 24.6 Å². The minimum absolute atomic E-state index is 0.234. The molecule has 4 heteroatoms. The lowest BCUT2D eigenvalue weighted by Gasteiger charge is -2.30. The van der Waals surface area contributed by atoms with E-state index in [-0.39, 0.29) is 5.97 Å². The molecule has 2 heterocycles. The third-order valence-corrected chi connectivity index (χ3v) is 4.70. The molecule has 0 saturated carbocycles. The van der Waals surface area contributed by atoms with Crippen LogP contribution in [0.4, 0.5) is 5.69 Å². The van der Waals surface area contributed by atoms with Crippen LogP contribution < -0.4 is 4.90 Å². The van der Waals surface area contributed by atoms with Crippen LogP contribution in [-0.2, 0) is 4.74 Å². The van der Waals surface area contributed by atoms with Gasteiger partial charge >= 0.3 is 5.97 Å². The first-order valence-corrected chi connectivity index (χ1v) is 8.83. The summed E-state index contributed by atoms with van der Waals surface area (Å²) < 4.78 is 7.49. The third-order valence-electron chi connectivity index (χ3n) is 4.70. The Balaban J connectivity index is 2.05. The summed E-state index contributed by atoms with van der Waals surface area (Å²) in [5, 5.41) is 0. The van der Waals surface area contributed by atoms with Crippen LogP contribution in [0.2, 0.25) is 0 Å². The first-order chi connectivity index (χ1) is 11.6. The zero-order valence-electron chi connectivity index (χ0n) is 14.8. The lowest BCUT2D eigenvalue weighted by Crippen LogP contribution is -2.31. The number of aromatic nitrogens is 1. The Bertz CT molecular complexity index is 708. The van der Waals surface area contributed by atoms with Gasteiger partial charge in [-0.25, -0.2) is 4.79 Å². The molecule has 0 unspecified atom stereocenters. The number of ether oxygens (including phenoxy) is 1. The molecule has 0 aliphatic carbocycles. The van der Waals surface area contributed by atoms with Crippen molar-refractivity contribution < 1.29 is 9.53 Å². The summed E-state index contributed by atoms with van der Waals surface area (Å²) >= 11 is 0. The SMILES string of the molecule is CCOC(=O)c1cc(-n2c(C)ccc2C)ccc1N1CCCCC1. The molecule has 1 fully saturated rings. The predicted molar refractivity (Wildman–Crippen MR) is 97.3 cm³/mol. The lowest BCUT2D eigenvalue weighted by molar-refractivity contribution is 0.0527. The van der Waals surface area contributed by atoms with E-state index in [0.717, 1.165) is 35.9 Å². The summed E-state index contributed by atoms with van der Waals surface area (Å²) in [7, 11) is 0.